The maximum atomic E-state index is 12.1. The SMILES string of the molecule is CCCCS(=O)(=O)Nc1ccc(N(C)CC)c(N=CC(C)(C)C)c1. The number of nitrogens with one attached hydrogen (secondary N) is 1. The van der Waals surface area contributed by atoms with Crippen LogP contribution >= 0.6 is 0 Å². The van der Waals surface area contributed by atoms with Gasteiger partial charge in [-0.15, -0.1) is 0 Å². The number of rotatable bonds is 8. The van der Waals surface area contributed by atoms with E-state index < -0.39 is 10.0 Å². The normalized spacial score (nSPS) is 12.6. The van der Waals surface area contributed by atoms with Gasteiger partial charge in [-0.2, -0.15) is 0 Å². The van der Waals surface area contributed by atoms with Crippen LogP contribution in [-0.4, -0.2) is 34.0 Å². The average molecular weight is 354 g/mol. The van der Waals surface area contributed by atoms with Gasteiger partial charge in [0.2, 0.25) is 10.0 Å². The maximum Gasteiger partial charge on any atom is 0.232 e. The molecule has 6 heteroatoms. The molecule has 0 radical (unpaired) electrons. The lowest BCUT2D eigenvalue weighted by Crippen LogP contribution is -2.18. The van der Waals surface area contributed by atoms with E-state index in [9.17, 15) is 8.42 Å². The number of hydrogen-bond donors (Lipinski definition) is 1. The van der Waals surface area contributed by atoms with E-state index in [2.05, 4.69) is 42.3 Å². The van der Waals surface area contributed by atoms with E-state index in [1.54, 1.807) is 12.1 Å². The Balaban J connectivity index is 3.16. The van der Waals surface area contributed by atoms with Crippen LogP contribution in [0.25, 0.3) is 0 Å². The Morgan fingerprint density at radius 3 is 2.46 bits per heavy atom. The van der Waals surface area contributed by atoms with E-state index >= 15 is 0 Å². The zero-order valence-electron chi connectivity index (χ0n) is 15.8. The Labute approximate surface area is 147 Å². The minimum absolute atomic E-state index is 0.0430. The van der Waals surface area contributed by atoms with Crippen LogP contribution in [0.4, 0.5) is 17.1 Å². The van der Waals surface area contributed by atoms with Crippen LogP contribution < -0.4 is 9.62 Å². The molecule has 0 spiro atoms. The highest BCUT2D eigenvalue weighted by Gasteiger charge is 2.13. The molecule has 1 aromatic carbocycles. The Morgan fingerprint density at radius 1 is 1.25 bits per heavy atom. The highest BCUT2D eigenvalue weighted by Crippen LogP contribution is 2.32. The molecule has 0 aromatic heterocycles. The highest BCUT2D eigenvalue weighted by atomic mass is 32.2. The molecule has 1 aromatic rings. The number of aliphatic imine (C=N–C) groups is 1. The van der Waals surface area contributed by atoms with Crippen molar-refractivity contribution >= 4 is 33.3 Å². The lowest BCUT2D eigenvalue weighted by Gasteiger charge is -2.20. The van der Waals surface area contributed by atoms with Gasteiger partial charge in [0, 0.05) is 19.8 Å². The van der Waals surface area contributed by atoms with Crippen molar-refractivity contribution in [1.29, 1.82) is 0 Å². The molecular weight excluding hydrogens is 322 g/mol. The minimum Gasteiger partial charge on any atom is -0.373 e. The van der Waals surface area contributed by atoms with Gasteiger partial charge in [-0.1, -0.05) is 34.1 Å². The van der Waals surface area contributed by atoms with Crippen LogP contribution in [0.5, 0.6) is 0 Å². The summed E-state index contributed by atoms with van der Waals surface area (Å²) >= 11 is 0. The van der Waals surface area contributed by atoms with E-state index in [1.165, 1.54) is 0 Å². The van der Waals surface area contributed by atoms with E-state index in [-0.39, 0.29) is 11.2 Å². The summed E-state index contributed by atoms with van der Waals surface area (Å²) in [4.78, 5) is 6.69. The Morgan fingerprint density at radius 2 is 1.92 bits per heavy atom. The number of anilines is 2. The third-order valence-electron chi connectivity index (χ3n) is 3.49. The quantitative estimate of drug-likeness (QED) is 0.703. The number of hydrogen-bond acceptors (Lipinski definition) is 4. The fourth-order valence-corrected chi connectivity index (χ4v) is 3.27. The fourth-order valence-electron chi connectivity index (χ4n) is 2.01. The molecule has 1 rings (SSSR count). The van der Waals surface area contributed by atoms with Gasteiger partial charge in [0.25, 0.3) is 0 Å². The molecule has 0 aliphatic heterocycles. The fraction of sp³-hybridized carbons (Fsp3) is 0.611. The first kappa shape index (κ1) is 20.5. The Bertz CT molecular complexity index is 661. The van der Waals surface area contributed by atoms with Crippen LogP contribution in [-0.2, 0) is 10.0 Å². The van der Waals surface area contributed by atoms with Crippen LogP contribution in [0, 0.1) is 5.41 Å². The number of sulfonamides is 1. The van der Waals surface area contributed by atoms with Crippen molar-refractivity contribution in [2.75, 3.05) is 29.0 Å². The van der Waals surface area contributed by atoms with Crippen molar-refractivity contribution in [3.8, 4) is 0 Å². The molecule has 5 nitrogen and oxygen atoms in total. The summed E-state index contributed by atoms with van der Waals surface area (Å²) in [5, 5.41) is 0. The minimum atomic E-state index is -3.31. The van der Waals surface area contributed by atoms with Crippen LogP contribution in [0.15, 0.2) is 23.2 Å². The van der Waals surface area contributed by atoms with Crippen molar-refractivity contribution in [3.63, 3.8) is 0 Å². The number of nitrogens with zero attached hydrogens (tertiary/aromatic N) is 2. The van der Waals surface area contributed by atoms with Crippen LogP contribution in [0.1, 0.15) is 47.5 Å². The van der Waals surface area contributed by atoms with Crippen molar-refractivity contribution in [2.24, 2.45) is 10.4 Å². The summed E-state index contributed by atoms with van der Waals surface area (Å²) in [5.41, 5.74) is 2.26. The molecule has 0 saturated carbocycles. The molecule has 0 aliphatic rings. The van der Waals surface area contributed by atoms with E-state index in [0.29, 0.717) is 12.1 Å². The smallest absolute Gasteiger partial charge is 0.232 e. The molecule has 136 valence electrons. The Kier molecular flexibility index (Phi) is 7.27. The second-order valence-electron chi connectivity index (χ2n) is 7.12. The number of unbranched alkanes of at least 4 members (excludes halogenated alkanes) is 1. The topological polar surface area (TPSA) is 61.8 Å². The van der Waals surface area contributed by atoms with E-state index in [4.69, 9.17) is 0 Å². The first-order valence-corrected chi connectivity index (χ1v) is 10.1. The highest BCUT2D eigenvalue weighted by molar-refractivity contribution is 7.92. The molecular formula is C18H31N3O2S. The lowest BCUT2D eigenvalue weighted by molar-refractivity contribution is 0.598. The van der Waals surface area contributed by atoms with Crippen LogP contribution in [0.2, 0.25) is 0 Å². The molecule has 0 amide bonds. The van der Waals surface area contributed by atoms with Gasteiger partial charge in [0.15, 0.2) is 0 Å². The van der Waals surface area contributed by atoms with Gasteiger partial charge < -0.3 is 4.90 Å². The largest absolute Gasteiger partial charge is 0.373 e. The monoisotopic (exact) mass is 353 g/mol. The standard InChI is InChI=1S/C18H31N3O2S/c1-7-9-12-24(22,23)20-15-10-11-17(21(6)8-2)16(13-15)19-14-18(3,4)5/h10-11,13-14,20H,7-9,12H2,1-6H3. The molecule has 0 unspecified atom stereocenters. The first-order valence-electron chi connectivity index (χ1n) is 8.49. The molecule has 0 aliphatic carbocycles. The van der Waals surface area contributed by atoms with Crippen molar-refractivity contribution in [1.82, 2.24) is 0 Å². The third kappa shape index (κ3) is 6.91. The average Bonchev–Trinajstić information content (AvgIpc) is 2.49. The van der Waals surface area contributed by atoms with Crippen LogP contribution in [0.3, 0.4) is 0 Å². The van der Waals surface area contributed by atoms with E-state index in [1.807, 2.05) is 26.3 Å². The summed E-state index contributed by atoms with van der Waals surface area (Å²) in [5.74, 6) is 0.140. The van der Waals surface area contributed by atoms with Gasteiger partial charge in [-0.25, -0.2) is 8.42 Å². The second kappa shape index (κ2) is 8.51. The summed E-state index contributed by atoms with van der Waals surface area (Å²) in [6, 6.07) is 5.50. The van der Waals surface area contributed by atoms with E-state index in [0.717, 1.165) is 24.3 Å². The van der Waals surface area contributed by atoms with Crippen molar-refractivity contribution in [3.05, 3.63) is 18.2 Å². The molecule has 0 heterocycles. The van der Waals surface area contributed by atoms with Crippen molar-refractivity contribution in [2.45, 2.75) is 47.5 Å². The summed E-state index contributed by atoms with van der Waals surface area (Å²) < 4.78 is 26.9. The summed E-state index contributed by atoms with van der Waals surface area (Å²) in [6.45, 7) is 11.1. The lowest BCUT2D eigenvalue weighted by atomic mass is 9.99. The predicted octanol–water partition coefficient (Wildman–Crippen LogP) is 4.43. The molecule has 0 bridgehead atoms. The molecule has 0 fully saturated rings. The molecule has 1 N–H and O–H groups in total. The summed E-state index contributed by atoms with van der Waals surface area (Å²) in [7, 11) is -1.31. The van der Waals surface area contributed by atoms with Crippen molar-refractivity contribution < 1.29 is 8.42 Å². The molecule has 24 heavy (non-hydrogen) atoms. The van der Waals surface area contributed by atoms with Gasteiger partial charge >= 0.3 is 0 Å². The zero-order chi connectivity index (χ0) is 18.4. The molecule has 0 atom stereocenters. The van der Waals surface area contributed by atoms with Gasteiger partial charge in [-0.05, 0) is 37.0 Å². The van der Waals surface area contributed by atoms with Gasteiger partial charge in [0.05, 0.1) is 22.8 Å². The summed E-state index contributed by atoms with van der Waals surface area (Å²) in [6.07, 6.45) is 3.40. The first-order chi connectivity index (χ1) is 11.1. The second-order valence-corrected chi connectivity index (χ2v) is 8.96. The number of benzene rings is 1. The Hall–Kier alpha value is -1.56. The zero-order valence-corrected chi connectivity index (χ0v) is 16.6. The van der Waals surface area contributed by atoms with Gasteiger partial charge in [-0.3, -0.25) is 9.71 Å². The maximum absolute atomic E-state index is 12.1. The molecule has 0 saturated heterocycles. The predicted molar refractivity (Wildman–Crippen MR) is 105 cm³/mol. The third-order valence-corrected chi connectivity index (χ3v) is 4.86. The van der Waals surface area contributed by atoms with Gasteiger partial charge in [0.1, 0.15) is 0 Å².